The number of benzene rings is 1. The zero-order valence-corrected chi connectivity index (χ0v) is 53.0. The highest BCUT2D eigenvalue weighted by Crippen LogP contribution is 2.41. The fourth-order valence-electron chi connectivity index (χ4n) is 9.12. The maximum Gasteiger partial charge on any atom is 0.155 e. The van der Waals surface area contributed by atoms with Gasteiger partial charge < -0.3 is 5.32 Å². The fraction of sp³-hybridized carbons (Fsp3) is 0.681. The van der Waals surface area contributed by atoms with Crippen LogP contribution in [0.3, 0.4) is 0 Å². The molecule has 1 saturated carbocycles. The molecule has 0 heterocycles. The molecule has 0 bridgehead atoms. The minimum absolute atomic E-state index is 0.00431. The largest absolute Gasteiger partial charge is 0.356 e. The molecule has 0 amide bonds. The van der Waals surface area contributed by atoms with Gasteiger partial charge in [0, 0.05) is 23.7 Å². The van der Waals surface area contributed by atoms with Crippen LogP contribution in [0.25, 0.3) is 5.57 Å². The molecule has 428 valence electrons. The molecule has 1 N–H and O–H groups in total. The molecule has 1 aliphatic carbocycles. The predicted molar refractivity (Wildman–Crippen MR) is 332 cm³/mol. The Bertz CT molecular complexity index is 1960. The number of halogens is 1. The van der Waals surface area contributed by atoms with E-state index in [0.717, 1.165) is 109 Å². The number of hydrogen-bond acceptors (Lipinski definition) is 5. The molecule has 2 atom stereocenters. The molecule has 0 aliphatic heterocycles. The van der Waals surface area contributed by atoms with Crippen LogP contribution in [0.1, 0.15) is 278 Å². The molecule has 2 unspecified atom stereocenters. The van der Waals surface area contributed by atoms with Gasteiger partial charge in [0.05, 0.1) is 22.9 Å². The number of unbranched alkanes of at least 4 members (excludes halogenated alkanes) is 4. The summed E-state index contributed by atoms with van der Waals surface area (Å²) in [6.07, 6.45) is 33.8. The van der Waals surface area contributed by atoms with E-state index in [4.69, 9.17) is 10.3 Å². The van der Waals surface area contributed by atoms with Crippen molar-refractivity contribution in [1.29, 1.82) is 5.26 Å². The lowest BCUT2D eigenvalue weighted by Crippen LogP contribution is -2.40. The third-order valence-electron chi connectivity index (χ3n) is 13.8. The van der Waals surface area contributed by atoms with Crippen LogP contribution in [0, 0.1) is 53.3 Å². The number of nitrogens with one attached hydrogen (secondary N) is 1. The van der Waals surface area contributed by atoms with Crippen LogP contribution in [0.15, 0.2) is 88.1 Å². The van der Waals surface area contributed by atoms with Crippen molar-refractivity contribution in [3.05, 3.63) is 99.8 Å². The van der Waals surface area contributed by atoms with Gasteiger partial charge in [0.1, 0.15) is 17.0 Å². The number of ketones is 2. The number of nitriles is 1. The third-order valence-corrected chi connectivity index (χ3v) is 13.8. The highest BCUT2D eigenvalue weighted by atomic mass is 19.1. The molecule has 0 saturated heterocycles. The summed E-state index contributed by atoms with van der Waals surface area (Å²) in [6, 6.07) is 8.63. The Morgan fingerprint density at radius 1 is 0.800 bits per heavy atom. The Hall–Kier alpha value is -4.11. The number of carbonyl (C=O) groups excluding carboxylic acids is 2. The fourth-order valence-corrected chi connectivity index (χ4v) is 9.12. The zero-order chi connectivity index (χ0) is 58.2. The molecule has 6 heteroatoms. The maximum atomic E-state index is 14.9. The van der Waals surface area contributed by atoms with Crippen molar-refractivity contribution in [2.45, 2.75) is 273 Å². The molecule has 0 radical (unpaired) electrons. The van der Waals surface area contributed by atoms with Gasteiger partial charge in [0.2, 0.25) is 0 Å². The lowest BCUT2D eigenvalue weighted by atomic mass is 9.65. The van der Waals surface area contributed by atoms with E-state index in [0.29, 0.717) is 11.5 Å². The van der Waals surface area contributed by atoms with Gasteiger partial charge in [-0.1, -0.05) is 205 Å². The lowest BCUT2D eigenvalue weighted by molar-refractivity contribution is -0.129. The van der Waals surface area contributed by atoms with Crippen LogP contribution in [0.5, 0.6) is 0 Å². The molecule has 1 fully saturated rings. The number of hydrogen-bond donors (Lipinski definition) is 1. The molecule has 1 aromatic rings. The number of nitrogens with zero attached hydrogens (tertiary/aromatic N) is 2. The summed E-state index contributed by atoms with van der Waals surface area (Å²) < 4.78 is 14.9. The topological polar surface area (TPSA) is 82.3 Å². The van der Waals surface area contributed by atoms with Gasteiger partial charge in [0.15, 0.2) is 5.78 Å². The standard InChI is InChI=1S/C41H61FN2O.C9H15NO.C8H16.C7H16.C4H10/c1-12-19-22-37(42)38(21-14-3)44-33(11)32(10)39(43-27-17-6)29-34(20-13-2)35-23-24-36(31(9)28-35)41(25-15-4,26-16-5)40(45)30(8)18-7;1-5-7(2)8(11)9(3,4)6-10;1-3-4-8-5-7(2)6-8;1-3-5-7-6-4-2;1-4(2)3/h14,19-24,27-30,44H,12-13,15-18,25-26H2,1-11H3;7H,5H2,1-4H3;7-8H,3-6H2,1-2H3;3-7H2,1-2H3;4H,1-3H3/b21-14-,22-19+,33-32+,34-20-,38-37-,39-29+,43-27?;;;;. The van der Waals surface area contributed by atoms with Crippen LogP contribution in [-0.2, 0) is 15.0 Å². The average molecular weight is 1040 g/mol. The van der Waals surface area contributed by atoms with Gasteiger partial charge in [-0.2, -0.15) is 5.26 Å². The Morgan fingerprint density at radius 2 is 1.35 bits per heavy atom. The highest BCUT2D eigenvalue weighted by Gasteiger charge is 2.41. The van der Waals surface area contributed by atoms with E-state index in [2.05, 4.69) is 133 Å². The second-order valence-corrected chi connectivity index (χ2v) is 22.5. The Morgan fingerprint density at radius 3 is 1.76 bits per heavy atom. The van der Waals surface area contributed by atoms with Crippen LogP contribution < -0.4 is 5.32 Å². The van der Waals surface area contributed by atoms with Crippen molar-refractivity contribution in [1.82, 2.24) is 5.32 Å². The minimum atomic E-state index is -0.810. The smallest absolute Gasteiger partial charge is 0.155 e. The molecule has 0 spiro atoms. The van der Waals surface area contributed by atoms with Crippen molar-refractivity contribution in [2.24, 2.45) is 40.0 Å². The normalized spacial score (nSPS) is 16.4. The van der Waals surface area contributed by atoms with Gasteiger partial charge in [0.25, 0.3) is 0 Å². The Kier molecular flexibility index (Phi) is 44.0. The second kappa shape index (κ2) is 43.9. The average Bonchev–Trinajstić information content (AvgIpc) is 3.37. The minimum Gasteiger partial charge on any atom is -0.356 e. The predicted octanol–water partition coefficient (Wildman–Crippen LogP) is 21.8. The molecule has 1 aliphatic rings. The van der Waals surface area contributed by atoms with Crippen molar-refractivity contribution in [3.8, 4) is 6.07 Å². The van der Waals surface area contributed by atoms with Gasteiger partial charge in [-0.05, 0) is 163 Å². The quantitative estimate of drug-likeness (QED) is 0.0515. The van der Waals surface area contributed by atoms with Gasteiger partial charge in [-0.25, -0.2) is 4.39 Å². The number of aliphatic imine (C=N–C) groups is 1. The van der Waals surface area contributed by atoms with Crippen molar-refractivity contribution in [3.63, 3.8) is 0 Å². The SMILES string of the molecule is CC(C)C.CCC(C)C(=O)C(C)(C)C#N.CCCC1CC(C)C1.CCCCCCC.C\C=C/C(N/C(C)=C(C)/C(=C\C(=C\CC)c1ccc(C(CCC)(CCC)C(=O)C(C)CC)c(C)c1)N=CCC)=C(F)\C=C\CC. The number of rotatable bonds is 28. The molecule has 2 rings (SSSR count). The molecule has 0 aromatic heterocycles. The zero-order valence-electron chi connectivity index (χ0n) is 53.0. The molecular weight excluding hydrogens is 922 g/mol. The van der Waals surface area contributed by atoms with E-state index in [9.17, 15) is 14.0 Å². The van der Waals surface area contributed by atoms with Gasteiger partial charge in [-0.3, -0.25) is 14.6 Å². The van der Waals surface area contributed by atoms with Gasteiger partial charge >= 0.3 is 0 Å². The summed E-state index contributed by atoms with van der Waals surface area (Å²) in [5.74, 6) is 3.14. The van der Waals surface area contributed by atoms with Crippen molar-refractivity contribution in [2.75, 3.05) is 0 Å². The number of carbonyl (C=O) groups is 2. The summed E-state index contributed by atoms with van der Waals surface area (Å²) in [4.78, 5) is 30.2. The van der Waals surface area contributed by atoms with E-state index < -0.39 is 10.8 Å². The molecule has 75 heavy (non-hydrogen) atoms. The first-order chi connectivity index (χ1) is 35.4. The monoisotopic (exact) mass is 1040 g/mol. The van der Waals surface area contributed by atoms with Crippen molar-refractivity contribution < 1.29 is 14.0 Å². The molecular formula is C69H118FN3O2. The summed E-state index contributed by atoms with van der Waals surface area (Å²) in [5.41, 5.74) is 6.25. The number of allylic oxidation sites excluding steroid dienone is 10. The first kappa shape index (κ1) is 75.1. The Balaban J connectivity index is -0.00000137. The summed E-state index contributed by atoms with van der Waals surface area (Å²) in [7, 11) is 0. The van der Waals surface area contributed by atoms with E-state index >= 15 is 0 Å². The van der Waals surface area contributed by atoms with E-state index in [1.54, 1.807) is 19.9 Å². The molecule has 5 nitrogen and oxygen atoms in total. The summed E-state index contributed by atoms with van der Waals surface area (Å²) in [6.45, 7) is 45.5. The van der Waals surface area contributed by atoms with E-state index in [1.807, 2.05) is 66.0 Å². The summed E-state index contributed by atoms with van der Waals surface area (Å²) in [5, 5.41) is 11.9. The first-order valence-electron chi connectivity index (χ1n) is 30.1. The maximum absolute atomic E-state index is 14.9. The summed E-state index contributed by atoms with van der Waals surface area (Å²) >= 11 is 0. The lowest BCUT2D eigenvalue weighted by Gasteiger charge is -2.36. The highest BCUT2D eigenvalue weighted by molar-refractivity contribution is 5.92. The van der Waals surface area contributed by atoms with E-state index in [1.165, 1.54) is 69.4 Å². The Labute approximate surface area is 465 Å². The second-order valence-electron chi connectivity index (χ2n) is 22.5. The van der Waals surface area contributed by atoms with Crippen LogP contribution >= 0.6 is 0 Å². The first-order valence-corrected chi connectivity index (χ1v) is 30.1. The number of aryl methyl sites for hydroxylation is 1. The van der Waals surface area contributed by atoms with Gasteiger partial charge in [-0.15, -0.1) is 0 Å². The van der Waals surface area contributed by atoms with Crippen LogP contribution in [0.2, 0.25) is 0 Å². The van der Waals surface area contributed by atoms with Crippen molar-refractivity contribution >= 4 is 23.4 Å². The molecule has 1 aromatic carbocycles. The van der Waals surface area contributed by atoms with Crippen LogP contribution in [0.4, 0.5) is 4.39 Å². The van der Waals surface area contributed by atoms with E-state index in [-0.39, 0.29) is 23.4 Å². The van der Waals surface area contributed by atoms with Crippen LogP contribution in [-0.4, -0.2) is 17.8 Å². The number of Topliss-reactive ketones (excluding diaryl/α,β-unsaturated/α-hetero) is 2. The third kappa shape index (κ3) is 30.4.